The number of hydrazone groups is 1. The second-order valence-electron chi connectivity index (χ2n) is 4.80. The number of nitrogens with zero attached hydrogens (tertiary/aromatic N) is 2. The molecule has 0 fully saturated rings. The van der Waals surface area contributed by atoms with Crippen molar-refractivity contribution in [1.29, 1.82) is 5.26 Å². The third kappa shape index (κ3) is 5.14. The number of amides is 1. The molecule has 122 valence electrons. The average Bonchev–Trinajstić information content (AvgIpc) is 2.61. The summed E-state index contributed by atoms with van der Waals surface area (Å²) in [6.07, 6.45) is 1.70. The predicted molar refractivity (Wildman–Crippen MR) is 90.0 cm³/mol. The molecule has 0 radical (unpaired) electrons. The smallest absolute Gasteiger partial charge is 0.244 e. The van der Waals surface area contributed by atoms with Crippen LogP contribution in [0.3, 0.4) is 0 Å². The van der Waals surface area contributed by atoms with E-state index < -0.39 is 0 Å². The minimum absolute atomic E-state index is 0.0469. The van der Waals surface area contributed by atoms with Crippen LogP contribution in [0.5, 0.6) is 11.5 Å². The highest BCUT2D eigenvalue weighted by molar-refractivity contribution is 5.85. The van der Waals surface area contributed by atoms with Gasteiger partial charge in [0.15, 0.2) is 6.61 Å². The van der Waals surface area contributed by atoms with Crippen LogP contribution in [-0.2, 0) is 11.2 Å². The first-order valence-electron chi connectivity index (χ1n) is 7.26. The van der Waals surface area contributed by atoms with E-state index in [-0.39, 0.29) is 18.9 Å². The molecule has 1 amide bonds. The monoisotopic (exact) mass is 323 g/mol. The van der Waals surface area contributed by atoms with Crippen molar-refractivity contribution < 1.29 is 14.3 Å². The van der Waals surface area contributed by atoms with E-state index >= 15 is 0 Å². The van der Waals surface area contributed by atoms with Gasteiger partial charge in [0.25, 0.3) is 0 Å². The van der Waals surface area contributed by atoms with Crippen molar-refractivity contribution in [3.63, 3.8) is 0 Å². The second-order valence-corrected chi connectivity index (χ2v) is 4.80. The summed E-state index contributed by atoms with van der Waals surface area (Å²) in [7, 11) is 1.59. The molecule has 0 aliphatic rings. The molecule has 0 bridgehead atoms. The van der Waals surface area contributed by atoms with Crippen molar-refractivity contribution in [1.82, 2.24) is 5.43 Å². The molecule has 2 rings (SSSR count). The summed E-state index contributed by atoms with van der Waals surface area (Å²) in [6.45, 7) is -0.0469. The summed E-state index contributed by atoms with van der Waals surface area (Å²) in [5.74, 6) is 1.05. The van der Waals surface area contributed by atoms with E-state index in [9.17, 15) is 4.79 Å². The Balaban J connectivity index is 1.91. The zero-order chi connectivity index (χ0) is 17.2. The van der Waals surface area contributed by atoms with Gasteiger partial charge in [-0.3, -0.25) is 4.79 Å². The van der Waals surface area contributed by atoms with Crippen LogP contribution >= 0.6 is 0 Å². The normalized spacial score (nSPS) is 10.2. The second kappa shape index (κ2) is 8.96. The molecule has 1 N–H and O–H groups in total. The van der Waals surface area contributed by atoms with Gasteiger partial charge in [0.05, 0.1) is 19.7 Å². The fraction of sp³-hybridized carbons (Fsp3) is 0.167. The van der Waals surface area contributed by atoms with Crippen molar-refractivity contribution in [3.8, 4) is 17.6 Å². The molecule has 0 saturated heterocycles. The number of nitriles is 1. The molecular formula is C18H17N3O3. The van der Waals surface area contributed by atoms with Crippen molar-refractivity contribution >= 4 is 12.1 Å². The van der Waals surface area contributed by atoms with Crippen molar-refractivity contribution in [2.45, 2.75) is 6.42 Å². The highest BCUT2D eigenvalue weighted by atomic mass is 16.5. The molecule has 0 saturated carbocycles. The van der Waals surface area contributed by atoms with Gasteiger partial charge in [0.1, 0.15) is 17.6 Å². The first-order chi connectivity index (χ1) is 11.7. The minimum Gasteiger partial charge on any atom is -0.497 e. The van der Waals surface area contributed by atoms with E-state index in [1.165, 1.54) is 6.21 Å². The molecule has 24 heavy (non-hydrogen) atoms. The van der Waals surface area contributed by atoms with E-state index in [1.807, 2.05) is 24.3 Å². The van der Waals surface area contributed by atoms with Crippen LogP contribution in [0.25, 0.3) is 0 Å². The van der Waals surface area contributed by atoms with Gasteiger partial charge < -0.3 is 9.47 Å². The summed E-state index contributed by atoms with van der Waals surface area (Å²) in [4.78, 5) is 11.9. The number of rotatable bonds is 7. The van der Waals surface area contributed by atoms with Gasteiger partial charge in [0, 0.05) is 5.56 Å². The quantitative estimate of drug-likeness (QED) is 0.626. The summed E-state index contributed by atoms with van der Waals surface area (Å²) < 4.78 is 10.4. The van der Waals surface area contributed by atoms with E-state index in [2.05, 4.69) is 10.5 Å². The van der Waals surface area contributed by atoms with Gasteiger partial charge in [-0.15, -0.1) is 0 Å². The number of carbonyl (C=O) groups excluding carboxylic acids is 1. The van der Waals surface area contributed by atoms with Gasteiger partial charge in [0.2, 0.25) is 5.91 Å². The van der Waals surface area contributed by atoms with Crippen LogP contribution in [0.2, 0.25) is 0 Å². The predicted octanol–water partition coefficient (Wildman–Crippen LogP) is 2.29. The maximum atomic E-state index is 11.9. The number of hydrogen-bond acceptors (Lipinski definition) is 5. The van der Waals surface area contributed by atoms with E-state index in [1.54, 1.807) is 37.4 Å². The Bertz CT molecular complexity index is 749. The number of ether oxygens (including phenoxy) is 2. The highest BCUT2D eigenvalue weighted by Crippen LogP contribution is 2.15. The Morgan fingerprint density at radius 3 is 2.71 bits per heavy atom. The van der Waals surface area contributed by atoms with Gasteiger partial charge in [-0.25, -0.2) is 5.43 Å². The number of nitrogens with one attached hydrogen (secondary N) is 1. The average molecular weight is 323 g/mol. The lowest BCUT2D eigenvalue weighted by Crippen LogP contribution is -2.19. The third-order valence-corrected chi connectivity index (χ3v) is 3.13. The van der Waals surface area contributed by atoms with Crippen LogP contribution in [-0.4, -0.2) is 25.8 Å². The van der Waals surface area contributed by atoms with Crippen LogP contribution in [0, 0.1) is 11.3 Å². The van der Waals surface area contributed by atoms with Gasteiger partial charge in [-0.2, -0.15) is 10.4 Å². The molecule has 2 aromatic carbocycles. The molecule has 6 nitrogen and oxygen atoms in total. The topological polar surface area (TPSA) is 83.7 Å². The first kappa shape index (κ1) is 17.0. The summed E-state index contributed by atoms with van der Waals surface area (Å²) >= 11 is 0. The zero-order valence-corrected chi connectivity index (χ0v) is 13.2. The lowest BCUT2D eigenvalue weighted by atomic mass is 10.1. The van der Waals surface area contributed by atoms with Crippen molar-refractivity contribution in [2.24, 2.45) is 5.10 Å². The molecule has 2 aromatic rings. The van der Waals surface area contributed by atoms with Gasteiger partial charge in [-0.05, 0) is 29.8 Å². The molecule has 0 atom stereocenters. The number of methoxy groups -OCH3 is 1. The van der Waals surface area contributed by atoms with Crippen LogP contribution in [0.4, 0.5) is 0 Å². The molecular weight excluding hydrogens is 306 g/mol. The number of benzene rings is 2. The molecule has 0 aliphatic carbocycles. The number of carbonyl (C=O) groups is 1. The largest absolute Gasteiger partial charge is 0.497 e. The fourth-order valence-electron chi connectivity index (χ4n) is 1.97. The summed E-state index contributed by atoms with van der Waals surface area (Å²) in [5, 5.41) is 12.5. The maximum Gasteiger partial charge on any atom is 0.244 e. The van der Waals surface area contributed by atoms with Crippen molar-refractivity contribution in [2.75, 3.05) is 13.7 Å². The minimum atomic E-state index is -0.230. The Morgan fingerprint density at radius 1 is 1.25 bits per heavy atom. The van der Waals surface area contributed by atoms with E-state index in [4.69, 9.17) is 14.7 Å². The standard InChI is InChI=1S/C18H17N3O3/c1-23-16-8-6-14(7-9-16)12-18(22)21-20-13-15-4-2-3-5-17(15)24-11-10-19/h2-9,13H,11-12H2,1H3,(H,21,22)/b20-13-. The number of hydrogen-bond donors (Lipinski definition) is 1. The first-order valence-corrected chi connectivity index (χ1v) is 7.26. The lowest BCUT2D eigenvalue weighted by Gasteiger charge is -2.05. The maximum absolute atomic E-state index is 11.9. The third-order valence-electron chi connectivity index (χ3n) is 3.13. The Morgan fingerprint density at radius 2 is 2.00 bits per heavy atom. The number of para-hydroxylation sites is 1. The molecule has 0 aliphatic heterocycles. The van der Waals surface area contributed by atoms with E-state index in [0.717, 1.165) is 11.3 Å². The molecule has 6 heteroatoms. The molecule has 0 unspecified atom stereocenters. The molecule has 0 spiro atoms. The van der Waals surface area contributed by atoms with Gasteiger partial charge >= 0.3 is 0 Å². The van der Waals surface area contributed by atoms with Crippen molar-refractivity contribution in [3.05, 3.63) is 59.7 Å². The molecule has 0 aromatic heterocycles. The SMILES string of the molecule is COc1ccc(CC(=O)N/N=C\c2ccccc2OCC#N)cc1. The zero-order valence-electron chi connectivity index (χ0n) is 13.2. The molecule has 0 heterocycles. The van der Waals surface area contributed by atoms with E-state index in [0.29, 0.717) is 11.3 Å². The van der Waals surface area contributed by atoms with Crippen LogP contribution in [0.1, 0.15) is 11.1 Å². The summed E-state index contributed by atoms with van der Waals surface area (Å²) in [5.41, 5.74) is 4.01. The Kier molecular flexibility index (Phi) is 6.35. The van der Waals surface area contributed by atoms with Crippen LogP contribution < -0.4 is 14.9 Å². The summed E-state index contributed by atoms with van der Waals surface area (Å²) in [6, 6.07) is 16.3. The Labute approximate surface area is 140 Å². The lowest BCUT2D eigenvalue weighted by molar-refractivity contribution is -0.120. The Hall–Kier alpha value is -3.33. The van der Waals surface area contributed by atoms with Gasteiger partial charge in [-0.1, -0.05) is 24.3 Å². The highest BCUT2D eigenvalue weighted by Gasteiger charge is 2.03. The van der Waals surface area contributed by atoms with Crippen LogP contribution in [0.15, 0.2) is 53.6 Å². The fourth-order valence-corrected chi connectivity index (χ4v) is 1.97.